The highest BCUT2D eigenvalue weighted by Crippen LogP contribution is 2.57. The van der Waals surface area contributed by atoms with Crippen molar-refractivity contribution in [3.05, 3.63) is 69.9 Å². The molecule has 1 aliphatic heterocycles. The molecule has 3 aliphatic rings. The number of likely N-dealkylation sites (tertiary alicyclic amines) is 1. The maximum atomic E-state index is 12.3. The Bertz CT molecular complexity index is 1180. The van der Waals surface area contributed by atoms with E-state index in [4.69, 9.17) is 16.6 Å². The van der Waals surface area contributed by atoms with Gasteiger partial charge in [-0.15, -0.1) is 0 Å². The molecule has 2 aromatic carbocycles. The lowest BCUT2D eigenvalue weighted by Crippen LogP contribution is -2.73. The van der Waals surface area contributed by atoms with Crippen LogP contribution in [0.2, 0.25) is 5.02 Å². The number of rotatable bonds is 0. The fourth-order valence-corrected chi connectivity index (χ4v) is 6.43. The van der Waals surface area contributed by atoms with Crippen LogP contribution >= 0.6 is 11.6 Å². The number of benzene rings is 2. The molecular formula is C24H23ClN2O2. The first-order valence-corrected chi connectivity index (χ1v) is 10.6. The number of hydrogen-bond acceptors (Lipinski definition) is 4. The van der Waals surface area contributed by atoms with E-state index >= 15 is 0 Å². The summed E-state index contributed by atoms with van der Waals surface area (Å²) in [6.45, 7) is 0.931. The first kappa shape index (κ1) is 17.7. The first-order chi connectivity index (χ1) is 13.9. The molecule has 148 valence electrons. The molecule has 2 bridgehead atoms. The van der Waals surface area contributed by atoms with E-state index in [2.05, 4.69) is 18.0 Å². The van der Waals surface area contributed by atoms with Gasteiger partial charge in [0.2, 0.25) is 0 Å². The van der Waals surface area contributed by atoms with Crippen molar-refractivity contribution in [3.63, 3.8) is 0 Å². The maximum absolute atomic E-state index is 12.3. The average Bonchev–Trinajstić information content (AvgIpc) is 2.68. The van der Waals surface area contributed by atoms with Gasteiger partial charge in [-0.05, 0) is 79.5 Å². The second-order valence-electron chi connectivity index (χ2n) is 9.08. The van der Waals surface area contributed by atoms with E-state index in [0.717, 1.165) is 47.1 Å². The van der Waals surface area contributed by atoms with Gasteiger partial charge < -0.3 is 15.1 Å². The van der Waals surface area contributed by atoms with E-state index < -0.39 is 11.0 Å². The molecule has 2 aliphatic carbocycles. The number of hydrogen-bond donors (Lipinski definition) is 2. The number of piperidine rings is 1. The number of fused-ring (bicyclic) bond motifs is 3. The molecule has 1 aromatic heterocycles. The molecule has 0 saturated carbocycles. The van der Waals surface area contributed by atoms with Gasteiger partial charge in [0.1, 0.15) is 5.75 Å². The van der Waals surface area contributed by atoms with Crippen LogP contribution < -0.4 is 0 Å². The SMILES string of the molecule is CN1CC[C@]23Cc4nc5ccc(Cl)cc5cc4C[C@@]2(O)[C@H]1Cc1ccc(O)cc13. The number of pyridine rings is 1. The van der Waals surface area contributed by atoms with E-state index in [0.29, 0.717) is 17.9 Å². The number of phenolic OH excluding ortho intramolecular Hbond substituents is 1. The highest BCUT2D eigenvalue weighted by molar-refractivity contribution is 6.31. The van der Waals surface area contributed by atoms with Crippen LogP contribution in [0.1, 0.15) is 28.8 Å². The van der Waals surface area contributed by atoms with Gasteiger partial charge in [0.15, 0.2) is 0 Å². The molecule has 0 amide bonds. The third kappa shape index (κ3) is 2.25. The van der Waals surface area contributed by atoms with E-state index in [1.54, 1.807) is 6.07 Å². The maximum Gasteiger partial charge on any atom is 0.115 e. The molecule has 3 aromatic rings. The van der Waals surface area contributed by atoms with Crippen molar-refractivity contribution in [1.29, 1.82) is 0 Å². The lowest BCUT2D eigenvalue weighted by atomic mass is 9.49. The quantitative estimate of drug-likeness (QED) is 0.598. The molecule has 0 unspecified atom stereocenters. The van der Waals surface area contributed by atoms with Crippen molar-refractivity contribution < 1.29 is 10.2 Å². The normalized spacial score (nSPS) is 30.5. The third-order valence-corrected chi connectivity index (χ3v) is 7.94. The topological polar surface area (TPSA) is 56.6 Å². The summed E-state index contributed by atoms with van der Waals surface area (Å²) in [7, 11) is 2.12. The Morgan fingerprint density at radius 2 is 1.97 bits per heavy atom. The molecule has 2 heterocycles. The number of halogens is 1. The number of phenols is 1. The predicted molar refractivity (Wildman–Crippen MR) is 114 cm³/mol. The minimum atomic E-state index is -0.887. The summed E-state index contributed by atoms with van der Waals surface area (Å²) in [6, 6.07) is 13.7. The van der Waals surface area contributed by atoms with Gasteiger partial charge in [-0.2, -0.15) is 0 Å². The first-order valence-electron chi connectivity index (χ1n) is 10.2. The molecule has 5 heteroatoms. The van der Waals surface area contributed by atoms with Gasteiger partial charge in [0.25, 0.3) is 0 Å². The fraction of sp³-hybridized carbons (Fsp3) is 0.375. The summed E-state index contributed by atoms with van der Waals surface area (Å²) >= 11 is 6.20. The van der Waals surface area contributed by atoms with Crippen molar-refractivity contribution in [3.8, 4) is 5.75 Å². The average molecular weight is 407 g/mol. The van der Waals surface area contributed by atoms with Gasteiger partial charge in [0.05, 0.1) is 11.1 Å². The smallest absolute Gasteiger partial charge is 0.115 e. The standard InChI is InChI=1S/C24H23ClN2O2/c1-27-7-6-23-13-21-16(8-15-9-17(25)3-5-20(15)26-21)12-24(23,29)22(27)10-14-2-4-18(28)11-19(14)23/h2-5,8-9,11,22,28-29H,6-7,10,12-13H2,1H3/t22-,23-,24-/m1/s1. The monoisotopic (exact) mass is 406 g/mol. The molecule has 3 atom stereocenters. The van der Waals surface area contributed by atoms with Crippen molar-refractivity contribution in [2.75, 3.05) is 13.6 Å². The summed E-state index contributed by atoms with van der Waals surface area (Å²) in [5, 5.41) is 24.2. The van der Waals surface area contributed by atoms with Crippen molar-refractivity contribution >= 4 is 22.5 Å². The van der Waals surface area contributed by atoms with Crippen molar-refractivity contribution in [1.82, 2.24) is 9.88 Å². The summed E-state index contributed by atoms with van der Waals surface area (Å²) in [6.07, 6.45) is 2.92. The lowest BCUT2D eigenvalue weighted by Gasteiger charge is -2.63. The van der Waals surface area contributed by atoms with Gasteiger partial charge in [-0.25, -0.2) is 0 Å². The van der Waals surface area contributed by atoms with E-state index in [1.165, 1.54) is 5.56 Å². The number of nitrogens with zero attached hydrogens (tertiary/aromatic N) is 2. The predicted octanol–water partition coefficient (Wildman–Crippen LogP) is 3.62. The van der Waals surface area contributed by atoms with Gasteiger partial charge in [-0.3, -0.25) is 4.98 Å². The molecule has 29 heavy (non-hydrogen) atoms. The second-order valence-corrected chi connectivity index (χ2v) is 9.52. The Hall–Kier alpha value is -2.14. The van der Waals surface area contributed by atoms with E-state index in [1.807, 2.05) is 30.3 Å². The van der Waals surface area contributed by atoms with E-state index in [-0.39, 0.29) is 11.8 Å². The van der Waals surface area contributed by atoms with Crippen LogP contribution in [0.5, 0.6) is 5.75 Å². The molecular weight excluding hydrogens is 384 g/mol. The largest absolute Gasteiger partial charge is 0.508 e. The molecule has 0 spiro atoms. The summed E-state index contributed by atoms with van der Waals surface area (Å²) < 4.78 is 0. The number of aromatic hydroxyl groups is 1. The van der Waals surface area contributed by atoms with Crippen LogP contribution in [0, 0.1) is 0 Å². The van der Waals surface area contributed by atoms with Gasteiger partial charge in [-0.1, -0.05) is 17.7 Å². The molecule has 1 saturated heterocycles. The Morgan fingerprint density at radius 1 is 1.10 bits per heavy atom. The summed E-state index contributed by atoms with van der Waals surface area (Å²) in [4.78, 5) is 7.30. The second kappa shape index (κ2) is 5.72. The molecule has 6 rings (SSSR count). The molecule has 4 nitrogen and oxygen atoms in total. The number of likely N-dealkylation sites (N-methyl/N-ethyl adjacent to an activating group) is 1. The minimum Gasteiger partial charge on any atom is -0.508 e. The van der Waals surface area contributed by atoms with Crippen molar-refractivity contribution in [2.24, 2.45) is 0 Å². The zero-order chi connectivity index (χ0) is 20.0. The lowest BCUT2D eigenvalue weighted by molar-refractivity contribution is -0.145. The summed E-state index contributed by atoms with van der Waals surface area (Å²) in [5.74, 6) is 0.268. The summed E-state index contributed by atoms with van der Waals surface area (Å²) in [5.41, 5.74) is 4.14. The zero-order valence-electron chi connectivity index (χ0n) is 16.3. The Kier molecular flexibility index (Phi) is 3.49. The van der Waals surface area contributed by atoms with E-state index in [9.17, 15) is 10.2 Å². The fourth-order valence-electron chi connectivity index (χ4n) is 6.25. The van der Waals surface area contributed by atoms with Gasteiger partial charge >= 0.3 is 0 Å². The van der Waals surface area contributed by atoms with Crippen LogP contribution in [0.4, 0.5) is 0 Å². The Labute approximate surface area is 174 Å². The third-order valence-electron chi connectivity index (χ3n) is 7.70. The van der Waals surface area contributed by atoms with Crippen LogP contribution in [0.3, 0.4) is 0 Å². The van der Waals surface area contributed by atoms with Gasteiger partial charge in [0, 0.05) is 40.4 Å². The zero-order valence-corrected chi connectivity index (χ0v) is 17.1. The number of aromatic nitrogens is 1. The highest BCUT2D eigenvalue weighted by Gasteiger charge is 2.64. The molecule has 2 N–H and O–H groups in total. The Morgan fingerprint density at radius 3 is 2.83 bits per heavy atom. The minimum absolute atomic E-state index is 0.0523. The highest BCUT2D eigenvalue weighted by atomic mass is 35.5. The van der Waals surface area contributed by atoms with Crippen LogP contribution in [0.25, 0.3) is 10.9 Å². The Balaban J connectivity index is 1.61. The van der Waals surface area contributed by atoms with Crippen LogP contribution in [-0.2, 0) is 24.7 Å². The molecule has 1 fully saturated rings. The van der Waals surface area contributed by atoms with Crippen LogP contribution in [-0.4, -0.2) is 45.3 Å². The van der Waals surface area contributed by atoms with Crippen molar-refractivity contribution in [2.45, 2.75) is 42.7 Å². The number of aliphatic hydroxyl groups is 1. The molecule has 0 radical (unpaired) electrons. The van der Waals surface area contributed by atoms with Crippen LogP contribution in [0.15, 0.2) is 42.5 Å².